The Bertz CT molecular complexity index is 598. The van der Waals surface area contributed by atoms with Crippen LogP contribution in [0.1, 0.15) is 63.4 Å². The molecule has 6 rings (SSSR count). The lowest BCUT2D eigenvalue weighted by Crippen LogP contribution is -2.59. The molecule has 1 N–H and O–H groups in total. The lowest BCUT2D eigenvalue weighted by Gasteiger charge is -2.64. The Morgan fingerprint density at radius 2 is 1.62 bits per heavy atom. The van der Waals surface area contributed by atoms with Gasteiger partial charge in [0, 0.05) is 6.54 Å². The van der Waals surface area contributed by atoms with Crippen molar-refractivity contribution in [3.8, 4) is 0 Å². The number of benzene rings is 1. The van der Waals surface area contributed by atoms with Gasteiger partial charge in [-0.1, -0.05) is 36.8 Å². The maximum atomic E-state index is 11.4. The fraction of sp³-hybridized carbons (Fsp3) is 0.739. The first-order valence-corrected chi connectivity index (χ1v) is 10.6. The van der Waals surface area contributed by atoms with Crippen LogP contribution in [0.15, 0.2) is 30.3 Å². The van der Waals surface area contributed by atoms with Gasteiger partial charge in [-0.05, 0) is 92.7 Å². The first kappa shape index (κ1) is 18.8. The Kier molecular flexibility index (Phi) is 5.14. The Balaban J connectivity index is 0.00000168. The first-order chi connectivity index (χ1) is 12.2. The molecule has 2 nitrogen and oxygen atoms in total. The van der Waals surface area contributed by atoms with Crippen LogP contribution in [0.2, 0.25) is 0 Å². The van der Waals surface area contributed by atoms with Gasteiger partial charge in [0.05, 0.1) is 6.10 Å². The van der Waals surface area contributed by atoms with E-state index in [1.165, 1.54) is 70.9 Å². The third-order valence-corrected chi connectivity index (χ3v) is 8.08. The van der Waals surface area contributed by atoms with Crippen LogP contribution in [0.3, 0.4) is 0 Å². The molecule has 3 atom stereocenters. The molecule has 0 aromatic heterocycles. The zero-order valence-corrected chi connectivity index (χ0v) is 16.7. The highest BCUT2D eigenvalue weighted by molar-refractivity contribution is 5.85. The topological polar surface area (TPSA) is 23.5 Å². The van der Waals surface area contributed by atoms with E-state index in [0.29, 0.717) is 5.41 Å². The van der Waals surface area contributed by atoms with E-state index >= 15 is 0 Å². The van der Waals surface area contributed by atoms with Crippen molar-refractivity contribution in [2.75, 3.05) is 19.6 Å². The van der Waals surface area contributed by atoms with Crippen molar-refractivity contribution in [1.29, 1.82) is 0 Å². The summed E-state index contributed by atoms with van der Waals surface area (Å²) in [5.74, 6) is 1.69. The minimum Gasteiger partial charge on any atom is -0.391 e. The predicted octanol–water partition coefficient (Wildman–Crippen LogP) is 4.79. The second-order valence-electron chi connectivity index (χ2n) is 9.85. The van der Waals surface area contributed by atoms with Crippen LogP contribution in [-0.4, -0.2) is 35.7 Å². The van der Waals surface area contributed by atoms with Crippen LogP contribution in [0.5, 0.6) is 0 Å². The zero-order valence-electron chi connectivity index (χ0n) is 15.9. The third kappa shape index (κ3) is 3.12. The SMILES string of the molecule is Cl.OC(CN1CCCCC1)C12CC3CC(CC(c4ccccc4)(C3)C1)C2. The molecule has 1 heterocycles. The summed E-state index contributed by atoms with van der Waals surface area (Å²) in [6, 6.07) is 11.3. The summed E-state index contributed by atoms with van der Waals surface area (Å²) in [6.07, 6.45) is 11.8. The van der Waals surface area contributed by atoms with Crippen molar-refractivity contribution in [2.45, 2.75) is 69.3 Å². The molecule has 5 fully saturated rings. The fourth-order valence-corrected chi connectivity index (χ4v) is 7.43. The zero-order chi connectivity index (χ0) is 16.9. The summed E-state index contributed by atoms with van der Waals surface area (Å²) in [4.78, 5) is 2.54. The second-order valence-corrected chi connectivity index (χ2v) is 9.85. The van der Waals surface area contributed by atoms with Gasteiger partial charge >= 0.3 is 0 Å². The van der Waals surface area contributed by atoms with E-state index in [4.69, 9.17) is 0 Å². The molecule has 1 aromatic carbocycles. The molecule has 26 heavy (non-hydrogen) atoms. The molecular weight excluding hydrogens is 342 g/mol. The van der Waals surface area contributed by atoms with Crippen LogP contribution in [0, 0.1) is 17.3 Å². The number of β-amino-alcohol motifs (C(OH)–C–C–N with tert-alkyl or cyclic N) is 1. The number of hydrogen-bond donors (Lipinski definition) is 1. The van der Waals surface area contributed by atoms with Gasteiger partial charge in [0.2, 0.25) is 0 Å². The molecule has 4 bridgehead atoms. The highest BCUT2D eigenvalue weighted by Gasteiger charge is 2.60. The van der Waals surface area contributed by atoms with Gasteiger partial charge in [-0.15, -0.1) is 12.4 Å². The molecule has 144 valence electrons. The Morgan fingerprint density at radius 3 is 2.27 bits per heavy atom. The van der Waals surface area contributed by atoms with E-state index in [2.05, 4.69) is 35.2 Å². The molecule has 1 saturated heterocycles. The molecule has 0 amide bonds. The molecule has 3 unspecified atom stereocenters. The quantitative estimate of drug-likeness (QED) is 0.817. The number of hydrogen-bond acceptors (Lipinski definition) is 2. The van der Waals surface area contributed by atoms with E-state index in [1.807, 2.05) is 0 Å². The smallest absolute Gasteiger partial charge is 0.0723 e. The normalized spacial score (nSPS) is 40.2. The van der Waals surface area contributed by atoms with Crippen LogP contribution < -0.4 is 0 Å². The van der Waals surface area contributed by atoms with Crippen LogP contribution in [0.25, 0.3) is 0 Å². The minimum absolute atomic E-state index is 0. The van der Waals surface area contributed by atoms with Gasteiger partial charge in [-0.3, -0.25) is 0 Å². The average Bonchev–Trinajstić information content (AvgIpc) is 2.62. The van der Waals surface area contributed by atoms with Crippen molar-refractivity contribution in [3.63, 3.8) is 0 Å². The summed E-state index contributed by atoms with van der Waals surface area (Å²) in [6.45, 7) is 3.32. The van der Waals surface area contributed by atoms with E-state index in [9.17, 15) is 5.11 Å². The third-order valence-electron chi connectivity index (χ3n) is 8.08. The average molecular weight is 376 g/mol. The summed E-state index contributed by atoms with van der Waals surface area (Å²) in [5.41, 5.74) is 2.10. The van der Waals surface area contributed by atoms with E-state index < -0.39 is 0 Å². The number of aliphatic hydroxyl groups is 1. The minimum atomic E-state index is -0.125. The number of likely N-dealkylation sites (tertiary alicyclic amines) is 1. The Morgan fingerprint density at radius 1 is 0.962 bits per heavy atom. The van der Waals surface area contributed by atoms with E-state index in [0.717, 1.165) is 18.4 Å². The number of rotatable bonds is 4. The molecule has 5 aliphatic rings. The Hall–Kier alpha value is -0.570. The van der Waals surface area contributed by atoms with Crippen molar-refractivity contribution < 1.29 is 5.11 Å². The van der Waals surface area contributed by atoms with Crippen LogP contribution in [0.4, 0.5) is 0 Å². The summed E-state index contributed by atoms with van der Waals surface area (Å²) < 4.78 is 0. The van der Waals surface area contributed by atoms with Gasteiger partial charge in [0.1, 0.15) is 0 Å². The van der Waals surface area contributed by atoms with E-state index in [-0.39, 0.29) is 23.9 Å². The number of piperidine rings is 1. The highest BCUT2D eigenvalue weighted by atomic mass is 35.5. The molecular formula is C23H34ClNO. The van der Waals surface area contributed by atoms with Crippen molar-refractivity contribution in [1.82, 2.24) is 4.90 Å². The first-order valence-electron chi connectivity index (χ1n) is 10.6. The molecule has 0 spiro atoms. The van der Waals surface area contributed by atoms with Crippen LogP contribution in [-0.2, 0) is 5.41 Å². The largest absolute Gasteiger partial charge is 0.391 e. The molecule has 1 aromatic rings. The highest BCUT2D eigenvalue weighted by Crippen LogP contribution is 2.66. The fourth-order valence-electron chi connectivity index (χ4n) is 7.43. The molecule has 3 heteroatoms. The van der Waals surface area contributed by atoms with Crippen LogP contribution >= 0.6 is 12.4 Å². The standard InChI is InChI=1S/C23H33NO.ClH/c25-21(16-24-9-5-2-6-10-24)23-14-18-11-19(15-23)13-22(12-18,17-23)20-7-3-1-4-8-20;/h1,3-4,7-8,18-19,21,25H,2,5-6,9-17H2;1H. The second kappa shape index (κ2) is 7.11. The maximum absolute atomic E-state index is 11.4. The van der Waals surface area contributed by atoms with Gasteiger partial charge in [0.25, 0.3) is 0 Å². The number of aliphatic hydroxyl groups excluding tert-OH is 1. The van der Waals surface area contributed by atoms with Gasteiger partial charge in [0.15, 0.2) is 0 Å². The lowest BCUT2D eigenvalue weighted by atomic mass is 9.42. The monoisotopic (exact) mass is 375 g/mol. The van der Waals surface area contributed by atoms with Crippen molar-refractivity contribution in [2.24, 2.45) is 17.3 Å². The van der Waals surface area contributed by atoms with E-state index in [1.54, 1.807) is 5.56 Å². The van der Waals surface area contributed by atoms with Crippen molar-refractivity contribution >= 4 is 12.4 Å². The Labute approximate surface area is 164 Å². The van der Waals surface area contributed by atoms with Gasteiger partial charge in [-0.2, -0.15) is 0 Å². The summed E-state index contributed by atoms with van der Waals surface area (Å²) in [7, 11) is 0. The number of nitrogens with zero attached hydrogens (tertiary/aromatic N) is 1. The number of halogens is 1. The molecule has 0 radical (unpaired) electrons. The van der Waals surface area contributed by atoms with Gasteiger partial charge in [-0.25, -0.2) is 0 Å². The van der Waals surface area contributed by atoms with Gasteiger partial charge < -0.3 is 10.0 Å². The predicted molar refractivity (Wildman–Crippen MR) is 109 cm³/mol. The van der Waals surface area contributed by atoms with Crippen molar-refractivity contribution in [3.05, 3.63) is 35.9 Å². The lowest BCUT2D eigenvalue weighted by molar-refractivity contribution is -0.139. The molecule has 4 saturated carbocycles. The maximum Gasteiger partial charge on any atom is 0.0723 e. The molecule has 4 aliphatic carbocycles. The molecule has 1 aliphatic heterocycles. The summed E-state index contributed by atoms with van der Waals surface area (Å²) in [5, 5.41) is 11.4. The summed E-state index contributed by atoms with van der Waals surface area (Å²) >= 11 is 0.